The molecule has 1 aliphatic carbocycles. The minimum absolute atomic E-state index is 0.00470. The number of benzene rings is 2. The maximum absolute atomic E-state index is 13.4. The number of aliphatic hydroxyl groups excluding tert-OH is 1. The molecule has 14 heteroatoms. The molecular weight excluding hydrogens is 536 g/mol. The van der Waals surface area contributed by atoms with Gasteiger partial charge in [-0.05, 0) is 67.5 Å². The molecule has 204 valence electrons. The lowest BCUT2D eigenvalue weighted by Gasteiger charge is -2.35. The quantitative estimate of drug-likeness (QED) is 0.369. The lowest BCUT2D eigenvalue weighted by atomic mass is 9.93. The third-order valence-electron chi connectivity index (χ3n) is 7.13. The molecule has 0 radical (unpaired) electrons. The summed E-state index contributed by atoms with van der Waals surface area (Å²) in [5.41, 5.74) is 1.81. The Morgan fingerprint density at radius 2 is 1.71 bits per heavy atom. The van der Waals surface area contributed by atoms with Crippen molar-refractivity contribution >= 4 is 54.1 Å². The van der Waals surface area contributed by atoms with Crippen LogP contribution in [-0.4, -0.2) is 63.5 Å². The predicted molar refractivity (Wildman–Crippen MR) is 143 cm³/mol. The minimum Gasteiger partial charge on any atom is -0.407 e. The van der Waals surface area contributed by atoms with E-state index in [9.17, 15) is 26.4 Å². The zero-order chi connectivity index (χ0) is 27.3. The maximum atomic E-state index is 13.4. The largest absolute Gasteiger partial charge is 0.434 e. The molecule has 0 bridgehead atoms. The standard InChI is InChI=1S/C24H28N4O8S2/c1-37(32,33)28-20-14-16(3-5-21(20)36-23(28)31)25-22(30)18-4-2-17(26-38(34,35)13-12-29)15-19(18)27-10-8-24(6-7-24)9-11-27/h2-5,14-15,26,29H,6-13H2,1H3,(H,25,30). The zero-order valence-electron chi connectivity index (χ0n) is 20.6. The first-order valence-electron chi connectivity index (χ1n) is 12.1. The number of hydrogen-bond donors (Lipinski definition) is 3. The number of nitrogens with zero attached hydrogens (tertiary/aromatic N) is 2. The molecule has 0 unspecified atom stereocenters. The number of oxazole rings is 1. The van der Waals surface area contributed by atoms with Gasteiger partial charge in [0, 0.05) is 18.8 Å². The summed E-state index contributed by atoms with van der Waals surface area (Å²) in [6.07, 6.45) is 5.24. The van der Waals surface area contributed by atoms with Gasteiger partial charge in [-0.1, -0.05) is 0 Å². The van der Waals surface area contributed by atoms with Crippen molar-refractivity contribution in [3.63, 3.8) is 0 Å². The van der Waals surface area contributed by atoms with Crippen LogP contribution >= 0.6 is 0 Å². The highest BCUT2D eigenvalue weighted by Gasteiger charge is 2.44. The molecule has 12 nitrogen and oxygen atoms in total. The SMILES string of the molecule is CS(=O)(=O)n1c(=O)oc2ccc(NC(=O)c3ccc(NS(=O)(=O)CCO)cc3N3CCC4(CC3)CC4)cc21. The third kappa shape index (κ3) is 5.28. The Bertz CT molecular complexity index is 1680. The van der Waals surface area contributed by atoms with Crippen molar-refractivity contribution in [1.29, 1.82) is 0 Å². The Labute approximate surface area is 219 Å². The van der Waals surface area contributed by atoms with Crippen molar-refractivity contribution in [2.24, 2.45) is 5.41 Å². The van der Waals surface area contributed by atoms with Crippen molar-refractivity contribution < 1.29 is 31.2 Å². The number of fused-ring (bicyclic) bond motifs is 1. The summed E-state index contributed by atoms with van der Waals surface area (Å²) in [5, 5.41) is 11.8. The maximum Gasteiger partial charge on any atom is 0.434 e. The molecule has 1 saturated heterocycles. The summed E-state index contributed by atoms with van der Waals surface area (Å²) < 4.78 is 56.5. The topological polar surface area (TPSA) is 168 Å². The van der Waals surface area contributed by atoms with E-state index in [-0.39, 0.29) is 22.5 Å². The zero-order valence-corrected chi connectivity index (χ0v) is 22.3. The Balaban J connectivity index is 1.47. The molecule has 1 saturated carbocycles. The lowest BCUT2D eigenvalue weighted by Crippen LogP contribution is -2.35. The number of anilines is 3. The third-order valence-corrected chi connectivity index (χ3v) is 9.40. The van der Waals surface area contributed by atoms with Crippen LogP contribution in [0.3, 0.4) is 0 Å². The summed E-state index contributed by atoms with van der Waals surface area (Å²) in [6, 6.07) is 8.83. The van der Waals surface area contributed by atoms with E-state index in [4.69, 9.17) is 9.52 Å². The van der Waals surface area contributed by atoms with Crippen LogP contribution in [0.4, 0.5) is 17.1 Å². The van der Waals surface area contributed by atoms with Gasteiger partial charge < -0.3 is 19.7 Å². The molecule has 1 amide bonds. The Kier molecular flexibility index (Phi) is 6.52. The van der Waals surface area contributed by atoms with Crippen LogP contribution in [0, 0.1) is 5.41 Å². The van der Waals surface area contributed by atoms with E-state index in [1.165, 1.54) is 43.2 Å². The molecule has 3 aromatic rings. The summed E-state index contributed by atoms with van der Waals surface area (Å²) in [4.78, 5) is 27.5. The average molecular weight is 565 g/mol. The second-order valence-electron chi connectivity index (χ2n) is 9.90. The molecule has 1 aromatic heterocycles. The van der Waals surface area contributed by atoms with Crippen LogP contribution in [0.15, 0.2) is 45.6 Å². The molecular formula is C24H28N4O8S2. The highest BCUT2D eigenvalue weighted by molar-refractivity contribution is 7.92. The molecule has 0 atom stereocenters. The first-order valence-corrected chi connectivity index (χ1v) is 15.6. The van der Waals surface area contributed by atoms with Crippen LogP contribution in [-0.2, 0) is 20.0 Å². The van der Waals surface area contributed by atoms with Gasteiger partial charge in [0.15, 0.2) is 5.58 Å². The van der Waals surface area contributed by atoms with Crippen molar-refractivity contribution in [1.82, 2.24) is 3.97 Å². The average Bonchev–Trinajstić information content (AvgIpc) is 3.49. The Morgan fingerprint density at radius 3 is 2.34 bits per heavy atom. The normalized spacial score (nSPS) is 17.1. The summed E-state index contributed by atoms with van der Waals surface area (Å²) in [5.74, 6) is -2.00. The van der Waals surface area contributed by atoms with Gasteiger partial charge in [-0.2, -0.15) is 3.97 Å². The van der Waals surface area contributed by atoms with E-state index in [2.05, 4.69) is 14.9 Å². The number of nitrogens with one attached hydrogen (secondary N) is 2. The van der Waals surface area contributed by atoms with Crippen molar-refractivity contribution in [2.45, 2.75) is 25.7 Å². The highest BCUT2D eigenvalue weighted by Crippen LogP contribution is 2.54. The van der Waals surface area contributed by atoms with Crippen molar-refractivity contribution in [2.75, 3.05) is 46.6 Å². The number of sulfonamides is 1. The fraction of sp³-hybridized carbons (Fsp3) is 0.417. The molecule has 2 heterocycles. The van der Waals surface area contributed by atoms with Crippen LogP contribution < -0.4 is 20.7 Å². The van der Waals surface area contributed by atoms with E-state index < -0.39 is 44.1 Å². The first kappa shape index (κ1) is 26.3. The number of hydrogen-bond acceptors (Lipinski definition) is 9. The van der Waals surface area contributed by atoms with Crippen LogP contribution in [0.25, 0.3) is 11.1 Å². The molecule has 2 aromatic carbocycles. The second-order valence-corrected chi connectivity index (χ2v) is 13.6. The van der Waals surface area contributed by atoms with E-state index >= 15 is 0 Å². The van der Waals surface area contributed by atoms with Crippen LogP contribution in [0.5, 0.6) is 0 Å². The summed E-state index contributed by atoms with van der Waals surface area (Å²) >= 11 is 0. The minimum atomic E-state index is -3.94. The monoisotopic (exact) mass is 564 g/mol. The number of piperidine rings is 1. The smallest absolute Gasteiger partial charge is 0.407 e. The summed E-state index contributed by atoms with van der Waals surface area (Å²) in [6.45, 7) is 0.911. The van der Waals surface area contributed by atoms with Crippen LogP contribution in [0.2, 0.25) is 0 Å². The van der Waals surface area contributed by atoms with Gasteiger partial charge in [0.05, 0.1) is 35.6 Å². The Hall–Kier alpha value is -3.36. The van der Waals surface area contributed by atoms with Gasteiger partial charge in [0.2, 0.25) is 20.0 Å². The van der Waals surface area contributed by atoms with Gasteiger partial charge in [-0.3, -0.25) is 9.52 Å². The fourth-order valence-corrected chi connectivity index (χ4v) is 6.52. The molecule has 2 aliphatic rings. The van der Waals surface area contributed by atoms with Crippen molar-refractivity contribution in [3.8, 4) is 0 Å². The van der Waals surface area contributed by atoms with E-state index in [1.54, 1.807) is 6.07 Å². The molecule has 1 aliphatic heterocycles. The summed E-state index contributed by atoms with van der Waals surface area (Å²) in [7, 11) is -7.71. The fourth-order valence-electron chi connectivity index (χ4n) is 4.88. The second kappa shape index (κ2) is 9.43. The number of carbonyl (C=O) groups is 1. The van der Waals surface area contributed by atoms with E-state index in [0.717, 1.165) is 32.2 Å². The number of carbonyl (C=O) groups excluding carboxylic acids is 1. The molecule has 3 N–H and O–H groups in total. The number of amides is 1. The van der Waals surface area contributed by atoms with E-state index in [0.29, 0.717) is 20.6 Å². The Morgan fingerprint density at radius 1 is 1.03 bits per heavy atom. The molecule has 38 heavy (non-hydrogen) atoms. The van der Waals surface area contributed by atoms with Gasteiger partial charge in [0.25, 0.3) is 5.91 Å². The van der Waals surface area contributed by atoms with Gasteiger partial charge in [-0.25, -0.2) is 21.6 Å². The molecule has 1 spiro atoms. The van der Waals surface area contributed by atoms with Crippen LogP contribution in [0.1, 0.15) is 36.0 Å². The van der Waals surface area contributed by atoms with Gasteiger partial charge >= 0.3 is 5.76 Å². The van der Waals surface area contributed by atoms with Gasteiger partial charge in [0.1, 0.15) is 5.52 Å². The molecule has 5 rings (SSSR count). The number of rotatable bonds is 8. The highest BCUT2D eigenvalue weighted by atomic mass is 32.2. The van der Waals surface area contributed by atoms with Crippen molar-refractivity contribution in [3.05, 3.63) is 52.5 Å². The van der Waals surface area contributed by atoms with Gasteiger partial charge in [-0.15, -0.1) is 0 Å². The first-order chi connectivity index (χ1) is 17.9. The number of aliphatic hydroxyl groups is 1. The van der Waals surface area contributed by atoms with E-state index in [1.807, 2.05) is 0 Å². The predicted octanol–water partition coefficient (Wildman–Crippen LogP) is 1.77. The molecule has 2 fully saturated rings. The number of aromatic nitrogens is 1. The lowest BCUT2D eigenvalue weighted by molar-refractivity contribution is 0.102.